The molecule has 0 aliphatic heterocycles. The first-order valence-corrected chi connectivity index (χ1v) is 7.08. The second kappa shape index (κ2) is 9.34. The lowest BCUT2D eigenvalue weighted by Crippen LogP contribution is -2.41. The van der Waals surface area contributed by atoms with Gasteiger partial charge in [-0.2, -0.15) is 0 Å². The van der Waals surface area contributed by atoms with Gasteiger partial charge in [-0.05, 0) is 33.6 Å². The Labute approximate surface area is 120 Å². The normalized spacial score (nSPS) is 12.1. The molecule has 0 rings (SSSR count). The number of nitrogens with zero attached hydrogens (tertiary/aromatic N) is 1. The molecule has 0 radical (unpaired) electrons. The van der Waals surface area contributed by atoms with Gasteiger partial charge in [0, 0.05) is 24.9 Å². The van der Waals surface area contributed by atoms with Crippen LogP contribution in [0.3, 0.4) is 0 Å². The van der Waals surface area contributed by atoms with Crippen LogP contribution in [0.2, 0.25) is 0 Å². The second-order valence-electron chi connectivity index (χ2n) is 5.25. The van der Waals surface area contributed by atoms with Crippen LogP contribution >= 0.6 is 0 Å². The SMILES string of the molecule is CCC(C)N(CC(=O)O)C(=O)CCCC(=O)NC(C)C. The molecule has 0 aromatic heterocycles. The topological polar surface area (TPSA) is 86.7 Å². The van der Waals surface area contributed by atoms with Gasteiger partial charge in [0.1, 0.15) is 6.54 Å². The van der Waals surface area contributed by atoms with E-state index in [1.165, 1.54) is 4.90 Å². The molecule has 2 N–H and O–H groups in total. The third kappa shape index (κ3) is 7.76. The zero-order valence-electron chi connectivity index (χ0n) is 12.8. The third-order valence-corrected chi connectivity index (χ3v) is 2.99. The molecule has 0 saturated heterocycles. The fourth-order valence-electron chi connectivity index (χ4n) is 1.79. The van der Waals surface area contributed by atoms with Gasteiger partial charge in [0.2, 0.25) is 11.8 Å². The molecule has 1 unspecified atom stereocenters. The summed E-state index contributed by atoms with van der Waals surface area (Å²) in [6.07, 6.45) is 1.62. The van der Waals surface area contributed by atoms with Gasteiger partial charge in [0.25, 0.3) is 0 Å². The first-order valence-electron chi connectivity index (χ1n) is 7.08. The number of aliphatic carboxylic acids is 1. The van der Waals surface area contributed by atoms with E-state index in [1.807, 2.05) is 27.7 Å². The molecule has 0 fully saturated rings. The lowest BCUT2D eigenvalue weighted by Gasteiger charge is -2.27. The Morgan fingerprint density at radius 3 is 2.20 bits per heavy atom. The second-order valence-corrected chi connectivity index (χ2v) is 5.25. The first-order chi connectivity index (χ1) is 9.27. The number of carbonyl (C=O) groups is 3. The summed E-state index contributed by atoms with van der Waals surface area (Å²) in [5.41, 5.74) is 0. The maximum absolute atomic E-state index is 12.0. The van der Waals surface area contributed by atoms with Crippen LogP contribution in [-0.4, -0.2) is 46.4 Å². The summed E-state index contributed by atoms with van der Waals surface area (Å²) in [6.45, 7) is 7.20. The monoisotopic (exact) mass is 286 g/mol. The van der Waals surface area contributed by atoms with E-state index in [2.05, 4.69) is 5.32 Å². The van der Waals surface area contributed by atoms with Crippen LogP contribution in [0, 0.1) is 0 Å². The molecule has 0 heterocycles. The summed E-state index contributed by atoms with van der Waals surface area (Å²) >= 11 is 0. The van der Waals surface area contributed by atoms with Gasteiger partial charge in [0.15, 0.2) is 0 Å². The van der Waals surface area contributed by atoms with Crippen molar-refractivity contribution in [2.45, 2.75) is 65.5 Å². The van der Waals surface area contributed by atoms with Crippen molar-refractivity contribution in [1.29, 1.82) is 0 Å². The maximum Gasteiger partial charge on any atom is 0.323 e. The van der Waals surface area contributed by atoms with E-state index >= 15 is 0 Å². The van der Waals surface area contributed by atoms with E-state index in [1.54, 1.807) is 0 Å². The standard InChI is InChI=1S/C14H26N2O4/c1-5-11(4)16(9-14(19)20)13(18)8-6-7-12(17)15-10(2)3/h10-11H,5-9H2,1-4H3,(H,15,17)(H,19,20). The lowest BCUT2D eigenvalue weighted by atomic mass is 10.1. The van der Waals surface area contributed by atoms with Crippen LogP contribution in [0.15, 0.2) is 0 Å². The molecular formula is C14H26N2O4. The predicted octanol–water partition coefficient (Wildman–Crippen LogP) is 1.39. The Balaban J connectivity index is 4.26. The van der Waals surface area contributed by atoms with E-state index in [9.17, 15) is 14.4 Å². The molecule has 20 heavy (non-hydrogen) atoms. The van der Waals surface area contributed by atoms with Crippen molar-refractivity contribution in [2.75, 3.05) is 6.54 Å². The zero-order chi connectivity index (χ0) is 15.7. The van der Waals surface area contributed by atoms with Crippen LogP contribution in [0.1, 0.15) is 53.4 Å². The van der Waals surface area contributed by atoms with Crippen LogP contribution in [-0.2, 0) is 14.4 Å². The molecule has 116 valence electrons. The average molecular weight is 286 g/mol. The minimum absolute atomic E-state index is 0.0823. The molecule has 1 atom stereocenters. The number of carbonyl (C=O) groups excluding carboxylic acids is 2. The highest BCUT2D eigenvalue weighted by Crippen LogP contribution is 2.08. The number of hydrogen-bond acceptors (Lipinski definition) is 3. The van der Waals surface area contributed by atoms with Crippen molar-refractivity contribution in [3.8, 4) is 0 Å². The number of carboxylic acids is 1. The van der Waals surface area contributed by atoms with Gasteiger partial charge in [-0.25, -0.2) is 0 Å². The summed E-state index contributed by atoms with van der Waals surface area (Å²) in [4.78, 5) is 35.6. The van der Waals surface area contributed by atoms with Gasteiger partial charge < -0.3 is 15.3 Å². The highest BCUT2D eigenvalue weighted by atomic mass is 16.4. The number of carboxylic acid groups (broad SMARTS) is 1. The summed E-state index contributed by atoms with van der Waals surface area (Å²) in [5, 5.41) is 11.6. The van der Waals surface area contributed by atoms with Crippen molar-refractivity contribution in [3.05, 3.63) is 0 Å². The van der Waals surface area contributed by atoms with Crippen LogP contribution in [0.5, 0.6) is 0 Å². The molecule has 6 heteroatoms. The van der Waals surface area contributed by atoms with Crippen LogP contribution in [0.4, 0.5) is 0 Å². The van der Waals surface area contributed by atoms with Gasteiger partial charge in [0.05, 0.1) is 0 Å². The molecule has 0 spiro atoms. The summed E-state index contributed by atoms with van der Waals surface area (Å²) < 4.78 is 0. The van der Waals surface area contributed by atoms with Crippen molar-refractivity contribution >= 4 is 17.8 Å². The Kier molecular flexibility index (Phi) is 8.59. The quantitative estimate of drug-likeness (QED) is 0.670. The minimum atomic E-state index is -1.02. The molecule has 0 bridgehead atoms. The largest absolute Gasteiger partial charge is 0.480 e. The molecule has 0 saturated carbocycles. The van der Waals surface area contributed by atoms with E-state index in [0.29, 0.717) is 12.8 Å². The number of amides is 2. The molecule has 0 aliphatic rings. The first kappa shape index (κ1) is 18.4. The number of rotatable bonds is 9. The third-order valence-electron chi connectivity index (χ3n) is 2.99. The zero-order valence-corrected chi connectivity index (χ0v) is 12.8. The van der Waals surface area contributed by atoms with Crippen molar-refractivity contribution in [2.24, 2.45) is 0 Å². The Hall–Kier alpha value is -1.59. The Morgan fingerprint density at radius 2 is 1.75 bits per heavy atom. The molecule has 2 amide bonds. The van der Waals surface area contributed by atoms with Crippen LogP contribution < -0.4 is 5.32 Å². The van der Waals surface area contributed by atoms with Crippen molar-refractivity contribution < 1.29 is 19.5 Å². The fraction of sp³-hybridized carbons (Fsp3) is 0.786. The molecule has 0 aromatic carbocycles. The number of hydrogen-bond donors (Lipinski definition) is 2. The Bertz CT molecular complexity index is 342. The maximum atomic E-state index is 12.0. The minimum Gasteiger partial charge on any atom is -0.480 e. The molecular weight excluding hydrogens is 260 g/mol. The van der Waals surface area contributed by atoms with E-state index in [0.717, 1.165) is 0 Å². The lowest BCUT2D eigenvalue weighted by molar-refractivity contribution is -0.146. The Morgan fingerprint density at radius 1 is 1.15 bits per heavy atom. The highest BCUT2D eigenvalue weighted by Gasteiger charge is 2.21. The van der Waals surface area contributed by atoms with Gasteiger partial charge >= 0.3 is 5.97 Å². The number of nitrogens with one attached hydrogen (secondary N) is 1. The highest BCUT2D eigenvalue weighted by molar-refractivity contribution is 5.82. The van der Waals surface area contributed by atoms with E-state index in [4.69, 9.17) is 5.11 Å². The van der Waals surface area contributed by atoms with Crippen molar-refractivity contribution in [3.63, 3.8) is 0 Å². The summed E-state index contributed by atoms with van der Waals surface area (Å²) in [7, 11) is 0. The molecule has 6 nitrogen and oxygen atoms in total. The molecule has 0 aromatic rings. The summed E-state index contributed by atoms with van der Waals surface area (Å²) in [6, 6.07) is -0.0232. The van der Waals surface area contributed by atoms with Crippen LogP contribution in [0.25, 0.3) is 0 Å². The van der Waals surface area contributed by atoms with Gasteiger partial charge in [-0.1, -0.05) is 6.92 Å². The fourth-order valence-corrected chi connectivity index (χ4v) is 1.79. The average Bonchev–Trinajstić information content (AvgIpc) is 2.33. The predicted molar refractivity (Wildman–Crippen MR) is 76.2 cm³/mol. The van der Waals surface area contributed by atoms with Gasteiger partial charge in [-0.3, -0.25) is 14.4 Å². The van der Waals surface area contributed by atoms with Crippen molar-refractivity contribution in [1.82, 2.24) is 10.2 Å². The van der Waals surface area contributed by atoms with Gasteiger partial charge in [-0.15, -0.1) is 0 Å². The smallest absolute Gasteiger partial charge is 0.323 e. The molecule has 0 aliphatic carbocycles. The van der Waals surface area contributed by atoms with E-state index < -0.39 is 5.97 Å². The summed E-state index contributed by atoms with van der Waals surface area (Å²) in [5.74, 6) is -1.31. The van der Waals surface area contributed by atoms with E-state index in [-0.39, 0.29) is 43.3 Å².